The molecule has 1 saturated heterocycles. The molecular formula is C17H21N3O4. The molecule has 0 unspecified atom stereocenters. The lowest BCUT2D eigenvalue weighted by Crippen LogP contribution is -2.39. The first-order valence-electron chi connectivity index (χ1n) is 8.14. The summed E-state index contributed by atoms with van der Waals surface area (Å²) in [5.41, 5.74) is 4.01. The Morgan fingerprint density at radius 3 is 2.96 bits per heavy atom. The van der Waals surface area contributed by atoms with Crippen LogP contribution in [0.2, 0.25) is 0 Å². The minimum Gasteiger partial charge on any atom is -0.454 e. The molecule has 0 spiro atoms. The van der Waals surface area contributed by atoms with E-state index in [0.29, 0.717) is 30.2 Å². The zero-order chi connectivity index (χ0) is 16.9. The minimum absolute atomic E-state index is 0.0409. The van der Waals surface area contributed by atoms with E-state index in [1.807, 2.05) is 18.2 Å². The van der Waals surface area contributed by atoms with Crippen LogP contribution in [0.25, 0.3) is 0 Å². The summed E-state index contributed by atoms with van der Waals surface area (Å²) in [5, 5.41) is 4.12. The lowest BCUT2D eigenvalue weighted by molar-refractivity contribution is -0.135. The fraction of sp³-hybridized carbons (Fsp3) is 0.471. The van der Waals surface area contributed by atoms with Gasteiger partial charge in [0.15, 0.2) is 11.5 Å². The van der Waals surface area contributed by atoms with E-state index in [0.717, 1.165) is 24.8 Å². The van der Waals surface area contributed by atoms with Crippen molar-refractivity contribution in [3.63, 3.8) is 0 Å². The summed E-state index contributed by atoms with van der Waals surface area (Å²) < 4.78 is 10.6. The van der Waals surface area contributed by atoms with Crippen molar-refractivity contribution >= 4 is 17.5 Å². The highest BCUT2D eigenvalue weighted by Crippen LogP contribution is 2.32. The molecule has 24 heavy (non-hydrogen) atoms. The Morgan fingerprint density at radius 1 is 1.25 bits per heavy atom. The van der Waals surface area contributed by atoms with Crippen LogP contribution in [-0.2, 0) is 9.59 Å². The Morgan fingerprint density at radius 2 is 2.08 bits per heavy atom. The quantitative estimate of drug-likeness (QED) is 0.672. The Balaban J connectivity index is 1.58. The Labute approximate surface area is 140 Å². The maximum absolute atomic E-state index is 12.0. The molecule has 1 N–H and O–H groups in total. The summed E-state index contributed by atoms with van der Waals surface area (Å²) in [7, 11) is 0. The molecule has 1 fully saturated rings. The molecule has 0 bridgehead atoms. The molecule has 2 amide bonds. The number of benzene rings is 1. The van der Waals surface area contributed by atoms with Gasteiger partial charge in [0, 0.05) is 18.5 Å². The third-order valence-electron chi connectivity index (χ3n) is 4.14. The second-order valence-corrected chi connectivity index (χ2v) is 5.93. The number of rotatable bonds is 4. The standard InChI is InChI=1S/C17H21N3O4/c1-12(13-6-7-14-15(9-13)24-11-23-14)18-19-16(21)10-20-8-4-2-3-5-17(20)22/h6-7,9H,2-5,8,10-11H2,1H3,(H,19,21)/b18-12-. The SMILES string of the molecule is C/C(=N/NC(=O)CN1CCCCCC1=O)c1ccc2c(c1)OCO2. The van der Waals surface area contributed by atoms with Gasteiger partial charge in [-0.1, -0.05) is 6.42 Å². The van der Waals surface area contributed by atoms with Gasteiger partial charge in [0.2, 0.25) is 12.7 Å². The molecule has 2 aliphatic heterocycles. The van der Waals surface area contributed by atoms with Crippen LogP contribution in [0.1, 0.15) is 38.2 Å². The van der Waals surface area contributed by atoms with Crippen LogP contribution in [-0.4, -0.2) is 42.3 Å². The van der Waals surface area contributed by atoms with Crippen LogP contribution >= 0.6 is 0 Å². The second kappa shape index (κ2) is 7.33. The minimum atomic E-state index is -0.287. The highest BCUT2D eigenvalue weighted by Gasteiger charge is 2.19. The first kappa shape index (κ1) is 16.3. The van der Waals surface area contributed by atoms with Crippen LogP contribution < -0.4 is 14.9 Å². The molecule has 7 heteroatoms. The summed E-state index contributed by atoms with van der Waals surface area (Å²) in [5.74, 6) is 1.13. The lowest BCUT2D eigenvalue weighted by atomic mass is 10.1. The number of carbonyl (C=O) groups is 2. The predicted molar refractivity (Wildman–Crippen MR) is 88.0 cm³/mol. The molecule has 0 saturated carbocycles. The number of nitrogens with zero attached hydrogens (tertiary/aromatic N) is 2. The maximum Gasteiger partial charge on any atom is 0.259 e. The highest BCUT2D eigenvalue weighted by atomic mass is 16.7. The van der Waals surface area contributed by atoms with Crippen LogP contribution in [0.5, 0.6) is 11.5 Å². The largest absolute Gasteiger partial charge is 0.454 e. The number of hydrazone groups is 1. The van der Waals surface area contributed by atoms with Gasteiger partial charge >= 0.3 is 0 Å². The van der Waals surface area contributed by atoms with Crippen molar-refractivity contribution in [2.75, 3.05) is 19.9 Å². The first-order chi connectivity index (χ1) is 11.6. The summed E-state index contributed by atoms with van der Waals surface area (Å²) >= 11 is 0. The number of likely N-dealkylation sites (tertiary alicyclic amines) is 1. The van der Waals surface area contributed by atoms with E-state index >= 15 is 0 Å². The number of hydrogen-bond donors (Lipinski definition) is 1. The molecule has 7 nitrogen and oxygen atoms in total. The molecule has 0 atom stereocenters. The summed E-state index contributed by atoms with van der Waals surface area (Å²) in [6, 6.07) is 5.50. The molecule has 3 rings (SSSR count). The number of nitrogens with one attached hydrogen (secondary N) is 1. The van der Waals surface area contributed by atoms with Crippen molar-refractivity contribution in [3.8, 4) is 11.5 Å². The average Bonchev–Trinajstić information content (AvgIpc) is 2.96. The summed E-state index contributed by atoms with van der Waals surface area (Å²) in [6.07, 6.45) is 3.40. The molecular weight excluding hydrogens is 310 g/mol. The van der Waals surface area contributed by atoms with Gasteiger partial charge in [0.25, 0.3) is 5.91 Å². The smallest absolute Gasteiger partial charge is 0.259 e. The van der Waals surface area contributed by atoms with Crippen molar-refractivity contribution in [2.24, 2.45) is 5.10 Å². The fourth-order valence-corrected chi connectivity index (χ4v) is 2.75. The zero-order valence-electron chi connectivity index (χ0n) is 13.7. The molecule has 0 radical (unpaired) electrons. The molecule has 2 aliphatic rings. The van der Waals surface area contributed by atoms with Crippen molar-refractivity contribution in [3.05, 3.63) is 23.8 Å². The first-order valence-corrected chi connectivity index (χ1v) is 8.14. The lowest BCUT2D eigenvalue weighted by Gasteiger charge is -2.19. The Kier molecular flexibility index (Phi) is 4.98. The number of fused-ring (bicyclic) bond motifs is 1. The zero-order valence-corrected chi connectivity index (χ0v) is 13.7. The number of ether oxygens (including phenoxy) is 2. The van der Waals surface area contributed by atoms with Gasteiger partial charge < -0.3 is 14.4 Å². The van der Waals surface area contributed by atoms with E-state index in [1.54, 1.807) is 11.8 Å². The van der Waals surface area contributed by atoms with Gasteiger partial charge in [0.05, 0.1) is 5.71 Å². The second-order valence-electron chi connectivity index (χ2n) is 5.93. The summed E-state index contributed by atoms with van der Waals surface area (Å²) in [6.45, 7) is 2.71. The van der Waals surface area contributed by atoms with Crippen molar-refractivity contribution in [1.29, 1.82) is 0 Å². The number of carbonyl (C=O) groups excluding carboxylic acids is 2. The third-order valence-corrected chi connectivity index (χ3v) is 4.14. The Bertz CT molecular complexity index is 672. The van der Waals surface area contributed by atoms with Crippen LogP contribution in [0.3, 0.4) is 0 Å². The monoisotopic (exact) mass is 331 g/mol. The van der Waals surface area contributed by atoms with Gasteiger partial charge in [-0.3, -0.25) is 9.59 Å². The topological polar surface area (TPSA) is 80.2 Å². The van der Waals surface area contributed by atoms with E-state index in [1.165, 1.54) is 0 Å². The van der Waals surface area contributed by atoms with Gasteiger partial charge in [-0.15, -0.1) is 0 Å². The molecule has 128 valence electrons. The predicted octanol–water partition coefficient (Wildman–Crippen LogP) is 1.66. The summed E-state index contributed by atoms with van der Waals surface area (Å²) in [4.78, 5) is 25.5. The van der Waals surface area contributed by atoms with Crippen molar-refractivity contribution in [1.82, 2.24) is 10.3 Å². The number of hydrogen-bond acceptors (Lipinski definition) is 5. The normalized spacial score (nSPS) is 17.6. The fourth-order valence-electron chi connectivity index (χ4n) is 2.75. The van der Waals surface area contributed by atoms with Crippen molar-refractivity contribution in [2.45, 2.75) is 32.6 Å². The average molecular weight is 331 g/mol. The van der Waals surface area contributed by atoms with Crippen LogP contribution in [0.15, 0.2) is 23.3 Å². The molecule has 1 aromatic rings. The van der Waals surface area contributed by atoms with Crippen molar-refractivity contribution < 1.29 is 19.1 Å². The van der Waals surface area contributed by atoms with Gasteiger partial charge in [0.1, 0.15) is 6.54 Å². The van der Waals surface area contributed by atoms with Crippen LogP contribution in [0.4, 0.5) is 0 Å². The van der Waals surface area contributed by atoms with E-state index in [-0.39, 0.29) is 25.2 Å². The van der Waals surface area contributed by atoms with Gasteiger partial charge in [-0.05, 0) is 38.0 Å². The van der Waals surface area contributed by atoms with E-state index < -0.39 is 0 Å². The van der Waals surface area contributed by atoms with E-state index in [2.05, 4.69) is 10.5 Å². The van der Waals surface area contributed by atoms with E-state index in [9.17, 15) is 9.59 Å². The Hall–Kier alpha value is -2.57. The highest BCUT2D eigenvalue weighted by molar-refractivity contribution is 6.00. The molecule has 1 aromatic carbocycles. The molecule has 0 aromatic heterocycles. The number of amides is 2. The third kappa shape index (κ3) is 3.84. The van der Waals surface area contributed by atoms with Gasteiger partial charge in [-0.25, -0.2) is 5.43 Å². The maximum atomic E-state index is 12.0. The van der Waals surface area contributed by atoms with E-state index in [4.69, 9.17) is 9.47 Å². The van der Waals surface area contributed by atoms with Gasteiger partial charge in [-0.2, -0.15) is 5.10 Å². The molecule has 0 aliphatic carbocycles. The van der Waals surface area contributed by atoms with Crippen LogP contribution in [0, 0.1) is 0 Å². The molecule has 2 heterocycles.